The van der Waals surface area contributed by atoms with Crippen molar-refractivity contribution in [2.24, 2.45) is 0 Å². The van der Waals surface area contributed by atoms with Crippen LogP contribution in [0.5, 0.6) is 0 Å². The molecule has 0 aliphatic heterocycles. The largest absolute Gasteiger partial charge is 0.396 e. The van der Waals surface area contributed by atoms with E-state index in [9.17, 15) is 0 Å². The Morgan fingerprint density at radius 1 is 1.60 bits per heavy atom. The molecular weight excluding hydrogens is 144 g/mol. The van der Waals surface area contributed by atoms with E-state index in [-0.39, 0.29) is 0 Å². The summed E-state index contributed by atoms with van der Waals surface area (Å²) in [5.74, 6) is 0. The lowest BCUT2D eigenvalue weighted by molar-refractivity contribution is 0.289. The molecule has 0 saturated heterocycles. The van der Waals surface area contributed by atoms with E-state index in [4.69, 9.17) is 5.11 Å². The van der Waals surface area contributed by atoms with Gasteiger partial charge in [0, 0.05) is 11.5 Å². The fraction of sp³-hybridized carbons (Fsp3) is 0.500. The molecule has 0 atom stereocenters. The first-order valence-electron chi connectivity index (χ1n) is 3.48. The molecule has 0 saturated carbocycles. The predicted molar refractivity (Wildman–Crippen MR) is 44.5 cm³/mol. The first-order valence-corrected chi connectivity index (χ1v) is 4.36. The number of hydrogen-bond acceptors (Lipinski definition) is 2. The third-order valence-electron chi connectivity index (χ3n) is 1.37. The van der Waals surface area contributed by atoms with Gasteiger partial charge in [-0.1, -0.05) is 0 Å². The Kier molecular flexibility index (Phi) is 2.90. The van der Waals surface area contributed by atoms with Gasteiger partial charge in [-0.25, -0.2) is 0 Å². The number of aliphatic hydroxyl groups is 1. The van der Waals surface area contributed by atoms with E-state index in [1.54, 1.807) is 11.3 Å². The van der Waals surface area contributed by atoms with Crippen LogP contribution in [0, 0.1) is 6.92 Å². The van der Waals surface area contributed by atoms with Crippen LogP contribution < -0.4 is 0 Å². The van der Waals surface area contributed by atoms with Gasteiger partial charge >= 0.3 is 0 Å². The van der Waals surface area contributed by atoms with E-state index < -0.39 is 0 Å². The number of rotatable bonds is 3. The first kappa shape index (κ1) is 7.76. The van der Waals surface area contributed by atoms with Crippen LogP contribution in [0.25, 0.3) is 0 Å². The lowest BCUT2D eigenvalue weighted by Gasteiger charge is -1.90. The Bertz CT molecular complexity index is 193. The normalized spacial score (nSPS) is 10.2. The zero-order valence-electron chi connectivity index (χ0n) is 6.13. The molecule has 1 aromatic rings. The second-order valence-corrected chi connectivity index (χ2v) is 3.41. The molecule has 0 amide bonds. The highest BCUT2D eigenvalue weighted by Gasteiger charge is 1.94. The molecule has 2 heteroatoms. The van der Waals surface area contributed by atoms with E-state index in [1.165, 1.54) is 10.4 Å². The minimum atomic E-state index is 0.303. The van der Waals surface area contributed by atoms with Crippen LogP contribution in [0.15, 0.2) is 11.4 Å². The molecule has 0 radical (unpaired) electrons. The van der Waals surface area contributed by atoms with Gasteiger partial charge < -0.3 is 5.11 Å². The molecule has 1 N–H and O–H groups in total. The quantitative estimate of drug-likeness (QED) is 0.709. The van der Waals surface area contributed by atoms with Crippen LogP contribution in [0.4, 0.5) is 0 Å². The first-order chi connectivity index (χ1) is 4.83. The number of aryl methyl sites for hydroxylation is 2. The standard InChI is InChI=1S/C8H12OS/c1-7-5-8(10-6-7)3-2-4-9/h5-6,9H,2-4H2,1H3. The molecule has 0 bridgehead atoms. The second kappa shape index (κ2) is 3.74. The molecule has 0 spiro atoms. The Labute approximate surface area is 65.3 Å². The van der Waals surface area contributed by atoms with Gasteiger partial charge in [-0.2, -0.15) is 0 Å². The highest BCUT2D eigenvalue weighted by molar-refractivity contribution is 7.10. The van der Waals surface area contributed by atoms with Crippen LogP contribution in [0.1, 0.15) is 16.9 Å². The topological polar surface area (TPSA) is 20.2 Å². The lowest BCUT2D eigenvalue weighted by atomic mass is 10.2. The van der Waals surface area contributed by atoms with Gasteiger partial charge in [0.15, 0.2) is 0 Å². The average Bonchev–Trinajstić information content (AvgIpc) is 2.31. The summed E-state index contributed by atoms with van der Waals surface area (Å²) < 4.78 is 0. The highest BCUT2D eigenvalue weighted by Crippen LogP contribution is 2.14. The molecule has 0 aromatic carbocycles. The molecule has 0 aliphatic carbocycles. The minimum absolute atomic E-state index is 0.303. The van der Waals surface area contributed by atoms with Crippen molar-refractivity contribution in [2.45, 2.75) is 19.8 Å². The predicted octanol–water partition coefficient (Wildman–Crippen LogP) is 1.98. The van der Waals surface area contributed by atoms with Crippen LogP contribution in [-0.2, 0) is 6.42 Å². The summed E-state index contributed by atoms with van der Waals surface area (Å²) >= 11 is 1.78. The molecule has 1 aromatic heterocycles. The van der Waals surface area contributed by atoms with Crippen molar-refractivity contribution in [1.29, 1.82) is 0 Å². The summed E-state index contributed by atoms with van der Waals surface area (Å²) in [6, 6.07) is 2.18. The molecular formula is C8H12OS. The summed E-state index contributed by atoms with van der Waals surface area (Å²) in [5.41, 5.74) is 1.33. The summed E-state index contributed by atoms with van der Waals surface area (Å²) in [6.07, 6.45) is 1.91. The second-order valence-electron chi connectivity index (χ2n) is 2.42. The van der Waals surface area contributed by atoms with Gasteiger partial charge in [0.1, 0.15) is 0 Å². The maximum Gasteiger partial charge on any atom is 0.0434 e. The van der Waals surface area contributed by atoms with Gasteiger partial charge in [-0.15, -0.1) is 11.3 Å². The van der Waals surface area contributed by atoms with E-state index >= 15 is 0 Å². The third kappa shape index (κ3) is 2.12. The maximum atomic E-state index is 8.54. The average molecular weight is 156 g/mol. The highest BCUT2D eigenvalue weighted by atomic mass is 32.1. The molecule has 10 heavy (non-hydrogen) atoms. The zero-order chi connectivity index (χ0) is 7.40. The summed E-state index contributed by atoms with van der Waals surface area (Å²) in [5, 5.41) is 10.7. The van der Waals surface area contributed by atoms with Gasteiger partial charge in [0.05, 0.1) is 0 Å². The maximum absolute atomic E-state index is 8.54. The van der Waals surface area contributed by atoms with E-state index in [2.05, 4.69) is 18.4 Å². The van der Waals surface area contributed by atoms with Crippen molar-refractivity contribution in [2.75, 3.05) is 6.61 Å². The SMILES string of the molecule is Cc1csc(CCCO)c1. The number of thiophene rings is 1. The molecule has 0 fully saturated rings. The Hall–Kier alpha value is -0.340. The Morgan fingerprint density at radius 2 is 2.40 bits per heavy atom. The van der Waals surface area contributed by atoms with E-state index in [1.807, 2.05) is 0 Å². The zero-order valence-corrected chi connectivity index (χ0v) is 6.95. The van der Waals surface area contributed by atoms with E-state index in [0.29, 0.717) is 6.61 Å². The minimum Gasteiger partial charge on any atom is -0.396 e. The van der Waals surface area contributed by atoms with E-state index in [0.717, 1.165) is 12.8 Å². The molecule has 0 unspecified atom stereocenters. The van der Waals surface area contributed by atoms with Crippen LogP contribution >= 0.6 is 11.3 Å². The molecule has 1 rings (SSSR count). The van der Waals surface area contributed by atoms with Crippen molar-refractivity contribution in [1.82, 2.24) is 0 Å². The van der Waals surface area contributed by atoms with Crippen molar-refractivity contribution in [3.63, 3.8) is 0 Å². The van der Waals surface area contributed by atoms with Crippen LogP contribution in [-0.4, -0.2) is 11.7 Å². The summed E-state index contributed by atoms with van der Waals surface area (Å²) in [4.78, 5) is 1.38. The van der Waals surface area contributed by atoms with Crippen molar-refractivity contribution in [3.8, 4) is 0 Å². The van der Waals surface area contributed by atoms with Crippen LogP contribution in [0.2, 0.25) is 0 Å². The van der Waals surface area contributed by atoms with Gasteiger partial charge in [0.25, 0.3) is 0 Å². The smallest absolute Gasteiger partial charge is 0.0434 e. The number of aliphatic hydroxyl groups excluding tert-OH is 1. The van der Waals surface area contributed by atoms with Crippen molar-refractivity contribution >= 4 is 11.3 Å². The van der Waals surface area contributed by atoms with Gasteiger partial charge in [0.2, 0.25) is 0 Å². The van der Waals surface area contributed by atoms with Crippen molar-refractivity contribution in [3.05, 3.63) is 21.9 Å². The molecule has 56 valence electrons. The molecule has 1 nitrogen and oxygen atoms in total. The molecule has 0 aliphatic rings. The summed E-state index contributed by atoms with van der Waals surface area (Å²) in [6.45, 7) is 2.40. The third-order valence-corrected chi connectivity index (χ3v) is 2.48. The fourth-order valence-electron chi connectivity index (χ4n) is 0.875. The fourth-order valence-corrected chi connectivity index (χ4v) is 1.80. The monoisotopic (exact) mass is 156 g/mol. The van der Waals surface area contributed by atoms with Crippen LogP contribution in [0.3, 0.4) is 0 Å². The Balaban J connectivity index is 2.42. The number of hydrogen-bond donors (Lipinski definition) is 1. The van der Waals surface area contributed by atoms with Gasteiger partial charge in [-0.3, -0.25) is 0 Å². The summed E-state index contributed by atoms with van der Waals surface area (Å²) in [7, 11) is 0. The van der Waals surface area contributed by atoms with Gasteiger partial charge in [-0.05, 0) is 36.8 Å². The molecule has 1 heterocycles. The Morgan fingerprint density at radius 3 is 2.90 bits per heavy atom. The lowest BCUT2D eigenvalue weighted by Crippen LogP contribution is -1.84. The van der Waals surface area contributed by atoms with Crippen molar-refractivity contribution < 1.29 is 5.11 Å².